The molecular formula is C72H171NO3. The summed E-state index contributed by atoms with van der Waals surface area (Å²) in [6.45, 7) is 84.3. The zero-order chi connectivity index (χ0) is 63.1. The zero-order valence-electron chi connectivity index (χ0n) is 61.6. The Morgan fingerprint density at radius 2 is 0.684 bits per heavy atom. The molecule has 0 aliphatic carbocycles. The van der Waals surface area contributed by atoms with Crippen molar-refractivity contribution in [1.29, 1.82) is 0 Å². The third-order valence-electron chi connectivity index (χ3n) is 11.5. The predicted octanol–water partition coefficient (Wildman–Crippen LogP) is 25.2. The van der Waals surface area contributed by atoms with Gasteiger partial charge in [0.15, 0.2) is 0 Å². The molecule has 4 heteroatoms. The molecule has 0 amide bonds. The van der Waals surface area contributed by atoms with Crippen molar-refractivity contribution in [3.8, 4) is 0 Å². The van der Waals surface area contributed by atoms with E-state index in [-0.39, 0.29) is 14.0 Å². The fourth-order valence-electron chi connectivity index (χ4n) is 4.28. The lowest BCUT2D eigenvalue weighted by Gasteiger charge is -2.27. The number of methoxy groups -OCH3 is 1. The van der Waals surface area contributed by atoms with Crippen LogP contribution in [-0.2, 0) is 4.74 Å². The van der Waals surface area contributed by atoms with E-state index in [1.54, 1.807) is 7.11 Å². The van der Waals surface area contributed by atoms with Crippen LogP contribution in [0, 0.1) is 81.8 Å². The summed E-state index contributed by atoms with van der Waals surface area (Å²) in [5.41, 5.74) is 1.06. The van der Waals surface area contributed by atoms with E-state index in [0.717, 1.165) is 71.7 Å². The molecule has 0 saturated carbocycles. The van der Waals surface area contributed by atoms with Gasteiger partial charge in [0, 0.05) is 13.7 Å². The number of aliphatic hydroxyl groups is 2. The molecule has 0 saturated heterocycles. The minimum atomic E-state index is -0.519. The molecule has 0 radical (unpaired) electrons. The van der Waals surface area contributed by atoms with E-state index >= 15 is 0 Å². The van der Waals surface area contributed by atoms with Gasteiger partial charge in [-0.1, -0.05) is 321 Å². The Morgan fingerprint density at radius 3 is 0.724 bits per heavy atom. The minimum Gasteiger partial charge on any atom is -0.394 e. The molecule has 1 atom stereocenters. The van der Waals surface area contributed by atoms with E-state index in [4.69, 9.17) is 14.9 Å². The van der Waals surface area contributed by atoms with Crippen LogP contribution in [-0.4, -0.2) is 62.2 Å². The van der Waals surface area contributed by atoms with Crippen LogP contribution in [0.2, 0.25) is 0 Å². The topological polar surface area (TPSA) is 52.9 Å². The molecule has 482 valence electrons. The first-order valence-electron chi connectivity index (χ1n) is 32.3. The molecule has 2 N–H and O–H groups in total. The lowest BCUT2D eigenvalue weighted by atomic mass is 9.79. The molecule has 0 aromatic rings. The van der Waals surface area contributed by atoms with E-state index in [9.17, 15) is 0 Å². The van der Waals surface area contributed by atoms with Crippen molar-refractivity contribution in [2.75, 3.05) is 41.0 Å². The number of nitrogens with zero attached hydrogens (tertiary/aromatic N) is 1. The van der Waals surface area contributed by atoms with Crippen LogP contribution in [0.25, 0.3) is 0 Å². The van der Waals surface area contributed by atoms with Gasteiger partial charge in [0.25, 0.3) is 0 Å². The Bertz CT molecular complexity index is 807. The Hall–Kier alpha value is -0.160. The SMILES string of the molecule is C.CC(C)C.CC(C)CC(C)(C)C.CC(C)CCN(C)C.CC(C)C[C@@H](O)CO.CCC(C)(C)C(C)C.CCC(C)C.CCC(C)C.CCC(C)C.CCC(C)C.CCCC(C)C.CCCC(C)C.COCCC(C)C. The number of hydrogen-bond acceptors (Lipinski definition) is 4. The average molecular weight is 1100 g/mol. The maximum atomic E-state index is 8.78. The molecule has 0 unspecified atom stereocenters. The summed E-state index contributed by atoms with van der Waals surface area (Å²) in [5.74, 6) is 9.91. The van der Waals surface area contributed by atoms with Crippen molar-refractivity contribution in [3.05, 3.63) is 0 Å². The van der Waals surface area contributed by atoms with Crippen molar-refractivity contribution in [1.82, 2.24) is 4.90 Å². The van der Waals surface area contributed by atoms with Crippen molar-refractivity contribution in [2.45, 2.75) is 353 Å². The van der Waals surface area contributed by atoms with E-state index < -0.39 is 6.10 Å². The first-order chi connectivity index (χ1) is 33.8. The van der Waals surface area contributed by atoms with Gasteiger partial charge in [-0.3, -0.25) is 0 Å². The molecule has 0 fully saturated rings. The van der Waals surface area contributed by atoms with Gasteiger partial charge >= 0.3 is 0 Å². The molecule has 0 rings (SSSR count). The summed E-state index contributed by atoms with van der Waals surface area (Å²) >= 11 is 0. The number of aliphatic hydroxyl groups excluding tert-OH is 2. The van der Waals surface area contributed by atoms with Crippen LogP contribution in [0.3, 0.4) is 0 Å². The van der Waals surface area contributed by atoms with Gasteiger partial charge in [0.2, 0.25) is 0 Å². The molecule has 0 bridgehead atoms. The van der Waals surface area contributed by atoms with Gasteiger partial charge in [0.1, 0.15) is 0 Å². The Labute approximate surface area is 493 Å². The molecule has 0 heterocycles. The fraction of sp³-hybridized carbons (Fsp3) is 1.00. The summed E-state index contributed by atoms with van der Waals surface area (Å²) in [4.78, 5) is 2.22. The van der Waals surface area contributed by atoms with Gasteiger partial charge in [-0.2, -0.15) is 0 Å². The monoisotopic (exact) mass is 1100 g/mol. The van der Waals surface area contributed by atoms with Crippen LogP contribution in [0.15, 0.2) is 0 Å². The molecule has 76 heavy (non-hydrogen) atoms. The summed E-state index contributed by atoms with van der Waals surface area (Å²) in [7, 11) is 5.97. The van der Waals surface area contributed by atoms with Crippen LogP contribution < -0.4 is 0 Å². The summed E-state index contributed by atoms with van der Waals surface area (Å²) in [5, 5.41) is 17.1. The van der Waals surface area contributed by atoms with Gasteiger partial charge in [0.05, 0.1) is 12.7 Å². The third kappa shape index (κ3) is 213. The van der Waals surface area contributed by atoms with Gasteiger partial charge in [-0.25, -0.2) is 0 Å². The second-order valence-electron chi connectivity index (χ2n) is 28.6. The average Bonchev–Trinajstić information content (AvgIpc) is 3.25. The molecule has 4 nitrogen and oxygen atoms in total. The molecular weight excluding hydrogens is 927 g/mol. The second-order valence-corrected chi connectivity index (χ2v) is 28.6. The normalized spacial score (nSPS) is 10.9. The van der Waals surface area contributed by atoms with Crippen LogP contribution >= 0.6 is 0 Å². The van der Waals surface area contributed by atoms with E-state index in [1.807, 2.05) is 13.8 Å². The zero-order valence-corrected chi connectivity index (χ0v) is 61.6. The first kappa shape index (κ1) is 108. The largest absolute Gasteiger partial charge is 0.394 e. The quantitative estimate of drug-likeness (QED) is 0.128. The van der Waals surface area contributed by atoms with Crippen molar-refractivity contribution in [3.63, 3.8) is 0 Å². The van der Waals surface area contributed by atoms with Crippen LogP contribution in [0.4, 0.5) is 0 Å². The lowest BCUT2D eigenvalue weighted by Crippen LogP contribution is -2.17. The number of hydrogen-bond donors (Lipinski definition) is 2. The first-order valence-corrected chi connectivity index (χ1v) is 32.3. The standard InChI is InChI=1S/2C8H18.C7H17N.C6H14O2.C6H14O.2C6H14.4C5H12.C4H10.CH4/c1-7(2)6-8(3,4)5;1-6-8(4,5)7(2)3;1-7(2)5-6-8(3)4;1-5(2)3-6(8)4-7;1-6(2)4-5-7-3;2*1-4-5-6(2)3;4*1-4-5(2)3;1-4(2)3;/h2*7H,6H2,1-5H3;7H,5-6H2,1-4H3;5-8H,3-4H2,1-2H3;6H,4-5H2,1-3H3;2*6H,4-5H2,1-3H3;4*5H,4H2,1-3H3;4H,1-3H3;1H4/t;;;6-;;;;;;;;;/m...1........./s1. The highest BCUT2D eigenvalue weighted by Gasteiger charge is 2.18. The highest BCUT2D eigenvalue weighted by Crippen LogP contribution is 2.29. The third-order valence-corrected chi connectivity index (χ3v) is 11.5. The molecule has 0 aromatic heterocycles. The van der Waals surface area contributed by atoms with Crippen LogP contribution in [0.1, 0.15) is 347 Å². The minimum absolute atomic E-state index is 0. The predicted molar refractivity (Wildman–Crippen MR) is 367 cm³/mol. The van der Waals surface area contributed by atoms with Gasteiger partial charge in [-0.05, 0) is 128 Å². The molecule has 0 aromatic carbocycles. The smallest absolute Gasteiger partial charge is 0.0773 e. The van der Waals surface area contributed by atoms with Crippen molar-refractivity contribution < 1.29 is 14.9 Å². The summed E-state index contributed by atoms with van der Waals surface area (Å²) in [6.07, 6.45) is 15.9. The van der Waals surface area contributed by atoms with E-state index in [1.165, 1.54) is 83.6 Å². The Morgan fingerprint density at radius 1 is 0.421 bits per heavy atom. The molecule has 0 spiro atoms. The van der Waals surface area contributed by atoms with Crippen molar-refractivity contribution >= 4 is 0 Å². The van der Waals surface area contributed by atoms with Gasteiger partial charge in [-0.15, -0.1) is 0 Å². The number of rotatable bonds is 20. The highest BCUT2D eigenvalue weighted by atomic mass is 16.5. The van der Waals surface area contributed by atoms with Gasteiger partial charge < -0.3 is 19.8 Å². The Kier molecular flexibility index (Phi) is 115. The maximum Gasteiger partial charge on any atom is 0.0773 e. The second kappa shape index (κ2) is 81.3. The van der Waals surface area contributed by atoms with Crippen molar-refractivity contribution in [2.24, 2.45) is 81.8 Å². The maximum absolute atomic E-state index is 8.78. The molecule has 0 aliphatic heterocycles. The summed E-state index contributed by atoms with van der Waals surface area (Å²) < 4.78 is 4.85. The van der Waals surface area contributed by atoms with E-state index in [2.05, 4.69) is 261 Å². The van der Waals surface area contributed by atoms with E-state index in [0.29, 0.717) is 23.2 Å². The van der Waals surface area contributed by atoms with Crippen LogP contribution in [0.5, 0.6) is 0 Å². The number of ether oxygens (including phenoxy) is 1. The highest BCUT2D eigenvalue weighted by molar-refractivity contribution is 4.69. The summed E-state index contributed by atoms with van der Waals surface area (Å²) in [6, 6.07) is 0. The lowest BCUT2D eigenvalue weighted by molar-refractivity contribution is 0.0782. The fourth-order valence-corrected chi connectivity index (χ4v) is 4.28. The molecule has 0 aliphatic rings. The Balaban J connectivity index is -0.0000000520.